The minimum absolute atomic E-state index is 0.141. The topological polar surface area (TPSA) is 52.2 Å². The van der Waals surface area contributed by atoms with Crippen LogP contribution in [0.3, 0.4) is 0 Å². The van der Waals surface area contributed by atoms with E-state index in [4.69, 9.17) is 0 Å². The molecule has 0 heterocycles. The predicted molar refractivity (Wildman–Crippen MR) is 75.5 cm³/mol. The van der Waals surface area contributed by atoms with Crippen LogP contribution in [0.4, 0.5) is 0 Å². The summed E-state index contributed by atoms with van der Waals surface area (Å²) in [6.45, 7) is 2.23. The summed E-state index contributed by atoms with van der Waals surface area (Å²) in [5, 5.41) is 11.2. The molecule has 0 aromatic carbocycles. The van der Waals surface area contributed by atoms with E-state index in [1.807, 2.05) is 0 Å². The van der Waals surface area contributed by atoms with Crippen LogP contribution < -0.4 is 5.43 Å². The Morgan fingerprint density at radius 2 is 1.39 bits per heavy atom. The lowest BCUT2D eigenvalue weighted by Crippen LogP contribution is -2.49. The van der Waals surface area contributed by atoms with Crippen LogP contribution in [0.5, 0.6) is 0 Å². The third kappa shape index (κ3) is 13.5. The Bertz CT molecular complexity index is 212. The van der Waals surface area contributed by atoms with Crippen molar-refractivity contribution in [3.8, 4) is 0 Å². The maximum absolute atomic E-state index is 11.3. The van der Waals surface area contributed by atoms with E-state index in [2.05, 4.69) is 12.3 Å². The zero-order chi connectivity index (χ0) is 13.9. The maximum atomic E-state index is 11.3. The van der Waals surface area contributed by atoms with Crippen LogP contribution in [0.2, 0.25) is 0 Å². The zero-order valence-corrected chi connectivity index (χ0v) is 12.3. The first kappa shape index (κ1) is 17.4. The molecule has 4 heteroatoms. The lowest BCUT2D eigenvalue weighted by molar-refractivity contribution is -0.876. The van der Waals surface area contributed by atoms with E-state index in [0.717, 1.165) is 12.8 Å². The summed E-state index contributed by atoms with van der Waals surface area (Å²) in [4.78, 5) is 11.3. The molecule has 1 N–H and O–H groups in total. The molecule has 0 saturated heterocycles. The minimum Gasteiger partial charge on any atom is -0.607 e. The second-order valence-corrected chi connectivity index (χ2v) is 5.46. The molecule has 0 saturated carbocycles. The second-order valence-electron chi connectivity index (χ2n) is 5.46. The fourth-order valence-corrected chi connectivity index (χ4v) is 1.95. The van der Waals surface area contributed by atoms with Crippen LogP contribution >= 0.6 is 0 Å². The highest BCUT2D eigenvalue weighted by Crippen LogP contribution is 2.10. The number of amides is 1. The molecule has 0 unspecified atom stereocenters. The monoisotopic (exact) mass is 258 g/mol. The van der Waals surface area contributed by atoms with Gasteiger partial charge in [-0.3, -0.25) is 9.55 Å². The van der Waals surface area contributed by atoms with Crippen LogP contribution in [0.25, 0.3) is 0 Å². The van der Waals surface area contributed by atoms with Gasteiger partial charge in [-0.05, 0) is 6.42 Å². The van der Waals surface area contributed by atoms with Crippen molar-refractivity contribution < 1.29 is 9.55 Å². The molecule has 0 aliphatic rings. The van der Waals surface area contributed by atoms with E-state index in [9.17, 15) is 10.0 Å². The zero-order valence-electron chi connectivity index (χ0n) is 12.3. The van der Waals surface area contributed by atoms with E-state index in [1.54, 1.807) is 0 Å². The minimum atomic E-state index is -0.740. The molecule has 0 aromatic rings. The van der Waals surface area contributed by atoms with Crippen LogP contribution in [-0.2, 0) is 4.79 Å². The molecule has 1 amide bonds. The van der Waals surface area contributed by atoms with E-state index in [1.165, 1.54) is 59.0 Å². The Labute approximate surface area is 112 Å². The fourth-order valence-electron chi connectivity index (χ4n) is 1.95. The van der Waals surface area contributed by atoms with Gasteiger partial charge < -0.3 is 5.21 Å². The van der Waals surface area contributed by atoms with Gasteiger partial charge in [0.2, 0.25) is 0 Å². The lowest BCUT2D eigenvalue weighted by atomic mass is 10.1. The highest BCUT2D eigenvalue weighted by atomic mass is 16.6. The number of quaternary nitrogens is 1. The fraction of sp³-hybridized carbons (Fsp3) is 0.929. The summed E-state index contributed by atoms with van der Waals surface area (Å²) in [5.74, 6) is -0.141. The van der Waals surface area contributed by atoms with Crippen LogP contribution in [0, 0.1) is 5.21 Å². The van der Waals surface area contributed by atoms with E-state index in [-0.39, 0.29) is 5.91 Å². The molecule has 0 bridgehead atoms. The van der Waals surface area contributed by atoms with E-state index >= 15 is 0 Å². The molecule has 108 valence electrons. The molecule has 0 radical (unpaired) electrons. The smallest absolute Gasteiger partial charge is 0.265 e. The lowest BCUT2D eigenvalue weighted by Gasteiger charge is -2.32. The van der Waals surface area contributed by atoms with Gasteiger partial charge in [-0.2, -0.15) is 0 Å². The normalized spacial score (nSPS) is 11.6. The predicted octanol–water partition coefficient (Wildman–Crippen LogP) is 3.51. The van der Waals surface area contributed by atoms with Gasteiger partial charge in [0.1, 0.15) is 0 Å². The van der Waals surface area contributed by atoms with Crippen molar-refractivity contribution in [3.63, 3.8) is 0 Å². The third-order valence-corrected chi connectivity index (χ3v) is 2.90. The van der Waals surface area contributed by atoms with Crippen molar-refractivity contribution in [2.45, 2.75) is 71.1 Å². The maximum Gasteiger partial charge on any atom is 0.265 e. The molecule has 0 rings (SSSR count). The number of nitrogens with zero attached hydrogens (tertiary/aromatic N) is 1. The molecule has 4 nitrogen and oxygen atoms in total. The third-order valence-electron chi connectivity index (χ3n) is 2.90. The molecule has 18 heavy (non-hydrogen) atoms. The van der Waals surface area contributed by atoms with Crippen LogP contribution in [0.15, 0.2) is 0 Å². The van der Waals surface area contributed by atoms with Gasteiger partial charge in [0.15, 0.2) is 0 Å². The van der Waals surface area contributed by atoms with Gasteiger partial charge in [0.25, 0.3) is 5.91 Å². The standard InChI is InChI=1S/C14H30N2O2/c1-4-5-6-7-8-9-10-11-12-13-14(17)15-16(2,3)18/h4-13H2,1-3H3,(H,15,17). The molecular formula is C14H30N2O2. The first-order valence-electron chi connectivity index (χ1n) is 7.32. The number of unbranched alkanes of at least 4 members (excludes halogenated alkanes) is 8. The van der Waals surface area contributed by atoms with Crippen LogP contribution in [-0.4, -0.2) is 24.8 Å². The van der Waals surface area contributed by atoms with Crippen molar-refractivity contribution in [2.24, 2.45) is 0 Å². The largest absolute Gasteiger partial charge is 0.607 e. The van der Waals surface area contributed by atoms with Gasteiger partial charge in [-0.15, -0.1) is 0 Å². The number of hydroxylamine groups is 2. The van der Waals surface area contributed by atoms with Gasteiger partial charge in [-0.25, -0.2) is 5.43 Å². The van der Waals surface area contributed by atoms with Crippen LogP contribution in [0.1, 0.15) is 71.1 Å². The van der Waals surface area contributed by atoms with E-state index in [0.29, 0.717) is 6.42 Å². The Kier molecular flexibility index (Phi) is 9.98. The van der Waals surface area contributed by atoms with Crippen molar-refractivity contribution in [1.82, 2.24) is 5.43 Å². The summed E-state index contributed by atoms with van der Waals surface area (Å²) in [6.07, 6.45) is 11.6. The molecule has 0 atom stereocenters. The second kappa shape index (κ2) is 10.3. The summed E-state index contributed by atoms with van der Waals surface area (Å²) in [5.41, 5.74) is 2.39. The molecule has 0 aliphatic heterocycles. The number of hydrogen-bond acceptors (Lipinski definition) is 2. The van der Waals surface area contributed by atoms with Gasteiger partial charge >= 0.3 is 0 Å². The summed E-state index contributed by atoms with van der Waals surface area (Å²) >= 11 is 0. The van der Waals surface area contributed by atoms with Crippen molar-refractivity contribution in [1.29, 1.82) is 0 Å². The Morgan fingerprint density at radius 3 is 1.83 bits per heavy atom. The Balaban J connectivity index is 3.23. The highest BCUT2D eigenvalue weighted by molar-refractivity contribution is 5.74. The first-order valence-corrected chi connectivity index (χ1v) is 7.32. The molecule has 0 aliphatic carbocycles. The quantitative estimate of drug-likeness (QED) is 0.350. The van der Waals surface area contributed by atoms with Crippen molar-refractivity contribution in [2.75, 3.05) is 14.1 Å². The summed E-state index contributed by atoms with van der Waals surface area (Å²) in [6, 6.07) is 0. The summed E-state index contributed by atoms with van der Waals surface area (Å²) in [7, 11) is 2.82. The first-order chi connectivity index (χ1) is 8.45. The summed E-state index contributed by atoms with van der Waals surface area (Å²) < 4.78 is -0.740. The number of hydrogen-bond donors (Lipinski definition) is 1. The average Bonchev–Trinajstić information content (AvgIpc) is 2.24. The number of carbonyl (C=O) groups excluding carboxylic acids is 1. The number of carbonyl (C=O) groups is 1. The SMILES string of the molecule is CCCCCCCCCCCC(=O)N[N+](C)(C)[O-]. The Hall–Kier alpha value is -0.610. The van der Waals surface area contributed by atoms with Crippen molar-refractivity contribution in [3.05, 3.63) is 5.21 Å². The number of nitrogens with one attached hydrogen (secondary N) is 1. The van der Waals surface area contributed by atoms with E-state index < -0.39 is 4.76 Å². The van der Waals surface area contributed by atoms with Gasteiger partial charge in [0.05, 0.1) is 14.1 Å². The molecule has 0 fully saturated rings. The van der Waals surface area contributed by atoms with Gasteiger partial charge in [-0.1, -0.05) is 58.3 Å². The van der Waals surface area contributed by atoms with Gasteiger partial charge in [0, 0.05) is 6.42 Å². The highest BCUT2D eigenvalue weighted by Gasteiger charge is 2.07. The average molecular weight is 258 g/mol. The molecular weight excluding hydrogens is 228 g/mol. The molecule has 0 aromatic heterocycles. The number of rotatable bonds is 11. The Morgan fingerprint density at radius 1 is 0.944 bits per heavy atom. The van der Waals surface area contributed by atoms with Crippen molar-refractivity contribution >= 4 is 5.91 Å². The molecule has 0 spiro atoms.